The molecule has 0 bridgehead atoms. The van der Waals surface area contributed by atoms with Gasteiger partial charge in [0.1, 0.15) is 0 Å². The zero-order chi connectivity index (χ0) is 15.7. The van der Waals surface area contributed by atoms with Crippen LogP contribution in [0.4, 0.5) is 22.0 Å². The number of nitrogens with zero attached hydrogens (tertiary/aromatic N) is 1. The van der Waals surface area contributed by atoms with Crippen LogP contribution in [0.1, 0.15) is 5.56 Å². The van der Waals surface area contributed by atoms with Crippen molar-refractivity contribution in [1.29, 1.82) is 0 Å². The molecule has 1 aromatic carbocycles. The van der Waals surface area contributed by atoms with Gasteiger partial charge in [-0.25, -0.2) is 0 Å². The van der Waals surface area contributed by atoms with Gasteiger partial charge in [-0.1, -0.05) is 24.3 Å². The van der Waals surface area contributed by atoms with Crippen LogP contribution in [0.2, 0.25) is 0 Å². The van der Waals surface area contributed by atoms with Crippen molar-refractivity contribution in [2.24, 2.45) is 0 Å². The van der Waals surface area contributed by atoms with Crippen LogP contribution in [-0.2, 0) is 11.3 Å². The van der Waals surface area contributed by atoms with Gasteiger partial charge in [-0.3, -0.25) is 9.78 Å². The van der Waals surface area contributed by atoms with E-state index in [-0.39, 0.29) is 0 Å². The number of pyridine rings is 1. The van der Waals surface area contributed by atoms with Gasteiger partial charge in [0.15, 0.2) is 0 Å². The maximum absolute atomic E-state index is 12.8. The molecule has 21 heavy (non-hydrogen) atoms. The molecule has 3 nitrogen and oxygen atoms in total. The Morgan fingerprint density at radius 1 is 1.10 bits per heavy atom. The Labute approximate surface area is 115 Å². The first-order valence-electron chi connectivity index (χ1n) is 5.79. The van der Waals surface area contributed by atoms with E-state index in [9.17, 15) is 26.7 Å². The van der Waals surface area contributed by atoms with Crippen LogP contribution in [0, 0.1) is 0 Å². The van der Waals surface area contributed by atoms with E-state index in [2.05, 4.69) is 4.98 Å². The van der Waals surface area contributed by atoms with Crippen molar-refractivity contribution in [3.8, 4) is 0 Å². The summed E-state index contributed by atoms with van der Waals surface area (Å²) in [4.78, 5) is 15.0. The highest BCUT2D eigenvalue weighted by atomic mass is 19.4. The Balaban J connectivity index is 2.18. The average Bonchev–Trinajstić information content (AvgIpc) is 2.43. The molecule has 0 aliphatic carbocycles. The zero-order valence-corrected chi connectivity index (χ0v) is 10.4. The van der Waals surface area contributed by atoms with E-state index in [1.807, 2.05) is 0 Å². The Morgan fingerprint density at radius 3 is 2.43 bits per heavy atom. The molecule has 1 N–H and O–H groups in total. The Hall–Kier alpha value is -2.25. The molecule has 1 amide bonds. The Bertz CT molecular complexity index is 664. The maximum atomic E-state index is 12.8. The van der Waals surface area contributed by atoms with E-state index in [0.29, 0.717) is 16.5 Å². The van der Waals surface area contributed by atoms with Crippen LogP contribution in [0.3, 0.4) is 0 Å². The summed E-state index contributed by atoms with van der Waals surface area (Å²) in [6.45, 7) is -0.473. The van der Waals surface area contributed by atoms with Crippen LogP contribution < -0.4 is 5.32 Å². The molecule has 8 heteroatoms. The highest BCUT2D eigenvalue weighted by Gasteiger charge is 2.63. The summed E-state index contributed by atoms with van der Waals surface area (Å²) in [5.41, 5.74) is 0.773. The first-order valence-corrected chi connectivity index (χ1v) is 5.79. The molecule has 0 atom stereocenters. The van der Waals surface area contributed by atoms with Gasteiger partial charge in [0.2, 0.25) is 0 Å². The molecule has 0 radical (unpaired) electrons. The lowest BCUT2D eigenvalue weighted by Crippen LogP contribution is -2.50. The highest BCUT2D eigenvalue weighted by molar-refractivity contribution is 5.85. The number of amides is 1. The molecule has 0 unspecified atom stereocenters. The highest BCUT2D eigenvalue weighted by Crippen LogP contribution is 2.35. The second-order valence-corrected chi connectivity index (χ2v) is 4.25. The predicted octanol–water partition coefficient (Wildman–Crippen LogP) is 3.05. The van der Waals surface area contributed by atoms with Gasteiger partial charge < -0.3 is 5.32 Å². The van der Waals surface area contributed by atoms with E-state index in [4.69, 9.17) is 0 Å². The summed E-state index contributed by atoms with van der Waals surface area (Å²) in [7, 11) is 0. The van der Waals surface area contributed by atoms with E-state index < -0.39 is 24.6 Å². The van der Waals surface area contributed by atoms with E-state index >= 15 is 0 Å². The number of alkyl halides is 5. The second-order valence-electron chi connectivity index (χ2n) is 4.25. The van der Waals surface area contributed by atoms with Crippen LogP contribution in [-0.4, -0.2) is 23.0 Å². The third-order valence-electron chi connectivity index (χ3n) is 2.80. The number of hydrogen-bond donors (Lipinski definition) is 1. The van der Waals surface area contributed by atoms with Crippen LogP contribution in [0.15, 0.2) is 36.5 Å². The molecule has 0 saturated carbocycles. The van der Waals surface area contributed by atoms with E-state index in [1.165, 1.54) is 12.3 Å². The third kappa shape index (κ3) is 2.93. The molecule has 0 saturated heterocycles. The minimum atomic E-state index is -5.92. The fourth-order valence-corrected chi connectivity index (χ4v) is 1.73. The average molecular weight is 304 g/mol. The number of carbonyl (C=O) groups is 1. The molecule has 0 aliphatic rings. The molecule has 2 rings (SSSR count). The van der Waals surface area contributed by atoms with Crippen molar-refractivity contribution < 1.29 is 26.7 Å². The van der Waals surface area contributed by atoms with Gasteiger partial charge in [0, 0.05) is 18.1 Å². The molecule has 1 heterocycles. The summed E-state index contributed by atoms with van der Waals surface area (Å²) in [6.07, 6.45) is -4.47. The van der Waals surface area contributed by atoms with Crippen molar-refractivity contribution in [2.75, 3.05) is 0 Å². The van der Waals surface area contributed by atoms with E-state index in [0.717, 1.165) is 0 Å². The van der Waals surface area contributed by atoms with Gasteiger partial charge in [-0.05, 0) is 11.6 Å². The normalized spacial score (nSPS) is 12.4. The summed E-state index contributed by atoms with van der Waals surface area (Å²) >= 11 is 0. The summed E-state index contributed by atoms with van der Waals surface area (Å²) < 4.78 is 61.7. The van der Waals surface area contributed by atoms with Crippen LogP contribution >= 0.6 is 0 Å². The number of benzene rings is 1. The van der Waals surface area contributed by atoms with Gasteiger partial charge >= 0.3 is 18.0 Å². The minimum absolute atomic E-state index is 0.347. The molecule has 112 valence electrons. The lowest BCUT2D eigenvalue weighted by Gasteiger charge is -2.18. The number of carbonyl (C=O) groups excluding carboxylic acids is 1. The molecule has 0 spiro atoms. The lowest BCUT2D eigenvalue weighted by atomic mass is 10.1. The monoisotopic (exact) mass is 304 g/mol. The lowest BCUT2D eigenvalue weighted by molar-refractivity contribution is -0.269. The second kappa shape index (κ2) is 5.27. The number of aromatic nitrogens is 1. The van der Waals surface area contributed by atoms with Crippen molar-refractivity contribution in [3.63, 3.8) is 0 Å². The maximum Gasteiger partial charge on any atom is 0.463 e. The molecule has 0 fully saturated rings. The minimum Gasteiger partial charge on any atom is -0.346 e. The van der Waals surface area contributed by atoms with Crippen LogP contribution in [0.25, 0.3) is 10.9 Å². The molecule has 2 aromatic rings. The van der Waals surface area contributed by atoms with Crippen molar-refractivity contribution in [3.05, 3.63) is 42.1 Å². The number of halogens is 5. The predicted molar refractivity (Wildman–Crippen MR) is 64.6 cm³/mol. The molecular weight excluding hydrogens is 295 g/mol. The Morgan fingerprint density at radius 2 is 1.76 bits per heavy atom. The van der Waals surface area contributed by atoms with Gasteiger partial charge in [0.05, 0.1) is 5.52 Å². The first-order chi connectivity index (χ1) is 9.73. The third-order valence-corrected chi connectivity index (χ3v) is 2.80. The number of rotatable bonds is 3. The first kappa shape index (κ1) is 15.1. The fourth-order valence-electron chi connectivity index (χ4n) is 1.73. The number of nitrogens with one attached hydrogen (secondary N) is 1. The summed E-state index contributed by atoms with van der Waals surface area (Å²) in [6, 6.07) is 8.15. The van der Waals surface area contributed by atoms with Crippen molar-refractivity contribution in [2.45, 2.75) is 18.6 Å². The zero-order valence-electron chi connectivity index (χ0n) is 10.4. The van der Waals surface area contributed by atoms with Gasteiger partial charge in [-0.2, -0.15) is 22.0 Å². The Kier molecular flexibility index (Phi) is 3.80. The van der Waals surface area contributed by atoms with E-state index in [1.54, 1.807) is 29.6 Å². The SMILES string of the molecule is O=C(NCc1cccc2cccnc12)C(F)(F)C(F)(F)F. The largest absolute Gasteiger partial charge is 0.463 e. The smallest absolute Gasteiger partial charge is 0.346 e. The van der Waals surface area contributed by atoms with Crippen LogP contribution in [0.5, 0.6) is 0 Å². The van der Waals surface area contributed by atoms with Crippen molar-refractivity contribution >= 4 is 16.8 Å². The molecular formula is C13H9F5N2O. The van der Waals surface area contributed by atoms with Gasteiger partial charge in [-0.15, -0.1) is 0 Å². The van der Waals surface area contributed by atoms with Gasteiger partial charge in [0.25, 0.3) is 0 Å². The van der Waals surface area contributed by atoms with Crippen molar-refractivity contribution in [1.82, 2.24) is 10.3 Å². The fraction of sp³-hybridized carbons (Fsp3) is 0.231. The molecule has 0 aliphatic heterocycles. The molecule has 1 aromatic heterocycles. The number of para-hydroxylation sites is 1. The quantitative estimate of drug-likeness (QED) is 0.886. The topological polar surface area (TPSA) is 42.0 Å². The summed E-state index contributed by atoms with van der Waals surface area (Å²) in [5, 5.41) is 2.28. The number of hydrogen-bond acceptors (Lipinski definition) is 2. The summed E-state index contributed by atoms with van der Waals surface area (Å²) in [5.74, 6) is -7.81. The standard InChI is InChI=1S/C13H9F5N2O/c14-12(15,13(16,17)18)11(21)20-7-9-4-1-3-8-5-2-6-19-10(8)9/h1-6H,7H2,(H,20,21). The number of fused-ring (bicyclic) bond motifs is 1.